The molecule has 1 atom stereocenters. The Labute approximate surface area is 189 Å². The number of anilines is 2. The summed E-state index contributed by atoms with van der Waals surface area (Å²) in [6.07, 6.45) is 4.96. The molecule has 4 rings (SSSR count). The van der Waals surface area contributed by atoms with Crippen molar-refractivity contribution in [1.29, 1.82) is 0 Å². The first-order valence-corrected chi connectivity index (χ1v) is 12.4. The molecule has 1 unspecified atom stereocenters. The number of nitrogens with zero attached hydrogens (tertiary/aromatic N) is 5. The summed E-state index contributed by atoms with van der Waals surface area (Å²) in [6, 6.07) is 6.65. The van der Waals surface area contributed by atoms with Crippen LogP contribution in [0.25, 0.3) is 0 Å². The van der Waals surface area contributed by atoms with Crippen molar-refractivity contribution in [3.63, 3.8) is 0 Å². The smallest absolute Gasteiger partial charge is 0.225 e. The molecule has 168 valence electrons. The van der Waals surface area contributed by atoms with Gasteiger partial charge in [0.2, 0.25) is 11.0 Å². The SMILES string of the molecule is CCc1nnc(Nc2cccc(C3CCCN(C(=O)C4CCN(C(C)C)CC4)C3)n2)s1. The average Bonchev–Trinajstić information content (AvgIpc) is 3.26. The van der Waals surface area contributed by atoms with Gasteiger partial charge in [0, 0.05) is 36.7 Å². The molecule has 2 aliphatic rings. The van der Waals surface area contributed by atoms with Crippen molar-refractivity contribution in [1.82, 2.24) is 25.0 Å². The van der Waals surface area contributed by atoms with Gasteiger partial charge in [-0.15, -0.1) is 10.2 Å². The summed E-state index contributed by atoms with van der Waals surface area (Å²) >= 11 is 1.56. The minimum absolute atomic E-state index is 0.180. The number of carbonyl (C=O) groups is 1. The second-order valence-corrected chi connectivity index (χ2v) is 10.0. The number of hydrogen-bond donors (Lipinski definition) is 1. The number of aromatic nitrogens is 3. The van der Waals surface area contributed by atoms with E-state index in [0.717, 1.165) is 79.9 Å². The van der Waals surface area contributed by atoms with Gasteiger partial charge in [0.25, 0.3) is 0 Å². The zero-order chi connectivity index (χ0) is 21.8. The molecule has 0 radical (unpaired) electrons. The molecule has 0 saturated carbocycles. The molecule has 0 bridgehead atoms. The number of carbonyl (C=O) groups excluding carboxylic acids is 1. The third-order valence-electron chi connectivity index (χ3n) is 6.54. The van der Waals surface area contributed by atoms with Crippen molar-refractivity contribution in [2.45, 2.75) is 64.8 Å². The lowest BCUT2D eigenvalue weighted by molar-refractivity contribution is -0.138. The van der Waals surface area contributed by atoms with Gasteiger partial charge >= 0.3 is 0 Å². The first kappa shape index (κ1) is 22.1. The molecule has 8 heteroatoms. The number of hydrogen-bond acceptors (Lipinski definition) is 7. The third kappa shape index (κ3) is 5.41. The lowest BCUT2D eigenvalue weighted by Gasteiger charge is -2.38. The largest absolute Gasteiger partial charge is 0.342 e. The van der Waals surface area contributed by atoms with Gasteiger partial charge in [-0.2, -0.15) is 0 Å². The summed E-state index contributed by atoms with van der Waals surface area (Å²) in [6.45, 7) is 10.3. The van der Waals surface area contributed by atoms with E-state index >= 15 is 0 Å². The third-order valence-corrected chi connectivity index (χ3v) is 7.52. The summed E-state index contributed by atoms with van der Waals surface area (Å²) in [7, 11) is 0. The maximum Gasteiger partial charge on any atom is 0.225 e. The van der Waals surface area contributed by atoms with Crippen LogP contribution in [0.15, 0.2) is 18.2 Å². The Morgan fingerprint density at radius 1 is 1.19 bits per heavy atom. The summed E-state index contributed by atoms with van der Waals surface area (Å²) in [5.74, 6) is 1.61. The number of rotatable bonds is 6. The fraction of sp³-hybridized carbons (Fsp3) is 0.652. The van der Waals surface area contributed by atoms with Crippen LogP contribution in [-0.4, -0.2) is 63.1 Å². The Balaban J connectivity index is 1.37. The van der Waals surface area contributed by atoms with Crippen LogP contribution in [0, 0.1) is 5.92 Å². The summed E-state index contributed by atoms with van der Waals surface area (Å²) < 4.78 is 0. The number of piperidine rings is 2. The first-order valence-electron chi connectivity index (χ1n) is 11.6. The number of aryl methyl sites for hydroxylation is 1. The fourth-order valence-corrected chi connectivity index (χ4v) is 5.33. The van der Waals surface area contributed by atoms with E-state index in [1.165, 1.54) is 0 Å². The van der Waals surface area contributed by atoms with Crippen LogP contribution in [-0.2, 0) is 11.2 Å². The lowest BCUT2D eigenvalue weighted by atomic mass is 9.90. The summed E-state index contributed by atoms with van der Waals surface area (Å²) in [4.78, 5) is 22.6. The van der Waals surface area contributed by atoms with Gasteiger partial charge in [0.1, 0.15) is 10.8 Å². The Bertz CT molecular complexity index is 876. The molecule has 4 heterocycles. The van der Waals surface area contributed by atoms with Crippen molar-refractivity contribution in [3.8, 4) is 0 Å². The highest BCUT2D eigenvalue weighted by Crippen LogP contribution is 2.30. The van der Waals surface area contributed by atoms with Crippen LogP contribution in [0.5, 0.6) is 0 Å². The molecule has 2 saturated heterocycles. The minimum atomic E-state index is 0.180. The zero-order valence-electron chi connectivity index (χ0n) is 18.9. The van der Waals surface area contributed by atoms with E-state index < -0.39 is 0 Å². The van der Waals surface area contributed by atoms with Gasteiger partial charge in [-0.1, -0.05) is 24.3 Å². The number of amides is 1. The Hall–Kier alpha value is -2.06. The predicted octanol–water partition coefficient (Wildman–Crippen LogP) is 4.07. The van der Waals surface area contributed by atoms with E-state index in [2.05, 4.69) is 52.2 Å². The predicted molar refractivity (Wildman–Crippen MR) is 125 cm³/mol. The standard InChI is InChI=1S/C23H34N6OS/c1-4-21-26-27-23(31-21)25-20-9-5-8-19(24-20)18-7-6-12-29(15-18)22(30)17-10-13-28(14-11-17)16(2)3/h5,8-9,16-18H,4,6-7,10-15H2,1-3H3,(H,24,25,27). The highest BCUT2D eigenvalue weighted by Gasteiger charge is 2.32. The molecule has 0 aromatic carbocycles. The normalized spacial score (nSPS) is 20.9. The molecule has 2 aromatic rings. The second-order valence-electron chi connectivity index (χ2n) is 8.95. The second kappa shape index (κ2) is 10.0. The van der Waals surface area contributed by atoms with Crippen LogP contribution in [0.2, 0.25) is 0 Å². The van der Waals surface area contributed by atoms with Crippen LogP contribution < -0.4 is 5.32 Å². The van der Waals surface area contributed by atoms with Crippen LogP contribution >= 0.6 is 11.3 Å². The number of likely N-dealkylation sites (tertiary alicyclic amines) is 2. The van der Waals surface area contributed by atoms with E-state index in [0.29, 0.717) is 11.9 Å². The van der Waals surface area contributed by atoms with Gasteiger partial charge in [-0.25, -0.2) is 4.98 Å². The fourth-order valence-electron chi connectivity index (χ4n) is 4.64. The average molecular weight is 443 g/mol. The Kier molecular flexibility index (Phi) is 7.17. The Morgan fingerprint density at radius 3 is 2.71 bits per heavy atom. The minimum Gasteiger partial charge on any atom is -0.342 e. The van der Waals surface area contributed by atoms with Gasteiger partial charge in [-0.05, 0) is 71.2 Å². The van der Waals surface area contributed by atoms with E-state index in [4.69, 9.17) is 4.98 Å². The van der Waals surface area contributed by atoms with Crippen molar-refractivity contribution >= 4 is 28.2 Å². The lowest BCUT2D eigenvalue weighted by Crippen LogP contribution is -2.47. The maximum absolute atomic E-state index is 13.2. The van der Waals surface area contributed by atoms with Crippen molar-refractivity contribution < 1.29 is 4.79 Å². The van der Waals surface area contributed by atoms with Gasteiger partial charge in [-0.3, -0.25) is 4.79 Å². The summed E-state index contributed by atoms with van der Waals surface area (Å²) in [5.41, 5.74) is 1.05. The quantitative estimate of drug-likeness (QED) is 0.727. The van der Waals surface area contributed by atoms with Crippen molar-refractivity contribution in [3.05, 3.63) is 28.9 Å². The molecular formula is C23H34N6OS. The highest BCUT2D eigenvalue weighted by molar-refractivity contribution is 7.15. The highest BCUT2D eigenvalue weighted by atomic mass is 32.1. The van der Waals surface area contributed by atoms with Gasteiger partial charge < -0.3 is 15.1 Å². The van der Waals surface area contributed by atoms with E-state index in [9.17, 15) is 4.79 Å². The molecule has 2 aliphatic heterocycles. The van der Waals surface area contributed by atoms with Crippen molar-refractivity contribution in [2.24, 2.45) is 5.92 Å². The maximum atomic E-state index is 13.2. The van der Waals surface area contributed by atoms with E-state index in [1.807, 2.05) is 12.1 Å². The molecule has 0 aliphatic carbocycles. The molecule has 31 heavy (non-hydrogen) atoms. The van der Waals surface area contributed by atoms with Crippen LogP contribution in [0.1, 0.15) is 63.1 Å². The number of nitrogens with one attached hydrogen (secondary N) is 1. The number of pyridine rings is 1. The molecule has 2 fully saturated rings. The van der Waals surface area contributed by atoms with Crippen LogP contribution in [0.3, 0.4) is 0 Å². The molecule has 2 aromatic heterocycles. The summed E-state index contributed by atoms with van der Waals surface area (Å²) in [5, 5.41) is 13.4. The topological polar surface area (TPSA) is 74.2 Å². The zero-order valence-corrected chi connectivity index (χ0v) is 19.7. The molecule has 0 spiro atoms. The molecular weight excluding hydrogens is 408 g/mol. The van der Waals surface area contributed by atoms with Crippen molar-refractivity contribution in [2.75, 3.05) is 31.5 Å². The van der Waals surface area contributed by atoms with E-state index in [-0.39, 0.29) is 11.8 Å². The molecule has 1 N–H and O–H groups in total. The van der Waals surface area contributed by atoms with E-state index in [1.54, 1.807) is 11.3 Å². The Morgan fingerprint density at radius 2 is 2.00 bits per heavy atom. The first-order chi connectivity index (χ1) is 15.0. The molecule has 7 nitrogen and oxygen atoms in total. The monoisotopic (exact) mass is 442 g/mol. The van der Waals surface area contributed by atoms with Gasteiger partial charge in [0.05, 0.1) is 0 Å². The molecule has 1 amide bonds. The van der Waals surface area contributed by atoms with Gasteiger partial charge in [0.15, 0.2) is 0 Å². The van der Waals surface area contributed by atoms with Crippen LogP contribution in [0.4, 0.5) is 10.9 Å².